The summed E-state index contributed by atoms with van der Waals surface area (Å²) in [5.41, 5.74) is 2.57. The molecule has 1 heterocycles. The molecule has 0 saturated carbocycles. The topological polar surface area (TPSA) is 3.24 Å². The summed E-state index contributed by atoms with van der Waals surface area (Å²) in [6.07, 6.45) is 1.20. The minimum atomic E-state index is -0.158. The summed E-state index contributed by atoms with van der Waals surface area (Å²) in [5.74, 6) is 0.457. The Bertz CT molecular complexity index is 549. The SMILES string of the molecule is CC1CCN(Cc2ccccc2)C1c1ccc(F)cc1. The van der Waals surface area contributed by atoms with Crippen LogP contribution in [0.15, 0.2) is 54.6 Å². The molecular weight excluding hydrogens is 249 g/mol. The molecule has 0 N–H and O–H groups in total. The Morgan fingerprint density at radius 3 is 2.45 bits per heavy atom. The highest BCUT2D eigenvalue weighted by atomic mass is 19.1. The Hall–Kier alpha value is -1.67. The van der Waals surface area contributed by atoms with E-state index in [4.69, 9.17) is 0 Å². The molecule has 1 aliphatic rings. The molecule has 1 fully saturated rings. The second-order valence-corrected chi connectivity index (χ2v) is 5.72. The van der Waals surface area contributed by atoms with Gasteiger partial charge in [0.2, 0.25) is 0 Å². The average Bonchev–Trinajstić information content (AvgIpc) is 2.82. The standard InChI is InChI=1S/C18H20FN/c1-14-11-12-20(13-15-5-3-2-4-6-15)18(14)16-7-9-17(19)10-8-16/h2-10,14,18H,11-13H2,1H3. The maximum absolute atomic E-state index is 13.1. The fraction of sp³-hybridized carbons (Fsp3) is 0.333. The molecule has 0 amide bonds. The number of benzene rings is 2. The minimum absolute atomic E-state index is 0.158. The molecule has 20 heavy (non-hydrogen) atoms. The van der Waals surface area contributed by atoms with Gasteiger partial charge >= 0.3 is 0 Å². The van der Waals surface area contributed by atoms with Crippen LogP contribution in [-0.4, -0.2) is 11.4 Å². The molecule has 2 atom stereocenters. The van der Waals surface area contributed by atoms with E-state index in [-0.39, 0.29) is 5.82 Å². The number of halogens is 1. The van der Waals surface area contributed by atoms with Crippen molar-refractivity contribution < 1.29 is 4.39 Å². The zero-order chi connectivity index (χ0) is 13.9. The Morgan fingerprint density at radius 2 is 1.75 bits per heavy atom. The van der Waals surface area contributed by atoms with Gasteiger partial charge in [-0.2, -0.15) is 0 Å². The van der Waals surface area contributed by atoms with E-state index in [1.54, 1.807) is 12.1 Å². The van der Waals surface area contributed by atoms with Crippen LogP contribution in [0.5, 0.6) is 0 Å². The van der Waals surface area contributed by atoms with Gasteiger partial charge in [0.25, 0.3) is 0 Å². The van der Waals surface area contributed by atoms with Gasteiger partial charge in [-0.25, -0.2) is 4.39 Å². The lowest BCUT2D eigenvalue weighted by Crippen LogP contribution is -2.24. The molecule has 0 bridgehead atoms. The molecule has 104 valence electrons. The normalized spacial score (nSPS) is 23.1. The van der Waals surface area contributed by atoms with Crippen molar-refractivity contribution in [3.63, 3.8) is 0 Å². The van der Waals surface area contributed by atoms with E-state index in [9.17, 15) is 4.39 Å². The van der Waals surface area contributed by atoms with Gasteiger partial charge < -0.3 is 0 Å². The van der Waals surface area contributed by atoms with Gasteiger partial charge in [0.15, 0.2) is 0 Å². The van der Waals surface area contributed by atoms with Crippen LogP contribution in [0.1, 0.15) is 30.5 Å². The summed E-state index contributed by atoms with van der Waals surface area (Å²) < 4.78 is 13.1. The molecule has 1 aliphatic heterocycles. The van der Waals surface area contributed by atoms with E-state index in [1.165, 1.54) is 17.5 Å². The Labute approximate surface area is 120 Å². The highest BCUT2D eigenvalue weighted by Gasteiger charge is 2.32. The van der Waals surface area contributed by atoms with Crippen LogP contribution in [0, 0.1) is 11.7 Å². The summed E-state index contributed by atoms with van der Waals surface area (Å²) in [7, 11) is 0. The third kappa shape index (κ3) is 2.75. The Morgan fingerprint density at radius 1 is 1.05 bits per heavy atom. The van der Waals surface area contributed by atoms with Gasteiger partial charge in [0, 0.05) is 12.6 Å². The Kier molecular flexibility index (Phi) is 3.83. The van der Waals surface area contributed by atoms with Gasteiger partial charge in [-0.15, -0.1) is 0 Å². The lowest BCUT2D eigenvalue weighted by Gasteiger charge is -2.27. The highest BCUT2D eigenvalue weighted by molar-refractivity contribution is 5.23. The van der Waals surface area contributed by atoms with Crippen molar-refractivity contribution >= 4 is 0 Å². The van der Waals surface area contributed by atoms with E-state index in [0.717, 1.165) is 13.1 Å². The van der Waals surface area contributed by atoms with Crippen molar-refractivity contribution in [3.05, 3.63) is 71.5 Å². The lowest BCUT2D eigenvalue weighted by molar-refractivity contribution is 0.225. The highest BCUT2D eigenvalue weighted by Crippen LogP contribution is 2.37. The number of likely N-dealkylation sites (tertiary alicyclic amines) is 1. The molecule has 1 saturated heterocycles. The van der Waals surface area contributed by atoms with E-state index in [2.05, 4.69) is 36.1 Å². The predicted octanol–water partition coefficient (Wildman–Crippen LogP) is 4.41. The number of rotatable bonds is 3. The second kappa shape index (κ2) is 5.76. The first-order valence-corrected chi connectivity index (χ1v) is 7.27. The zero-order valence-corrected chi connectivity index (χ0v) is 11.8. The van der Waals surface area contributed by atoms with Crippen molar-refractivity contribution in [1.29, 1.82) is 0 Å². The molecule has 0 radical (unpaired) electrons. The van der Waals surface area contributed by atoms with Gasteiger partial charge in [-0.1, -0.05) is 49.4 Å². The Balaban J connectivity index is 1.81. The molecule has 0 aliphatic carbocycles. The largest absolute Gasteiger partial charge is 0.292 e. The summed E-state index contributed by atoms with van der Waals surface area (Å²) in [6, 6.07) is 18.0. The molecule has 1 nitrogen and oxygen atoms in total. The fourth-order valence-electron chi connectivity index (χ4n) is 3.22. The van der Waals surface area contributed by atoms with Gasteiger partial charge in [0.05, 0.1) is 0 Å². The van der Waals surface area contributed by atoms with Crippen molar-refractivity contribution in [2.45, 2.75) is 25.9 Å². The van der Waals surface area contributed by atoms with Gasteiger partial charge in [-0.3, -0.25) is 4.90 Å². The summed E-state index contributed by atoms with van der Waals surface area (Å²) in [5, 5.41) is 0. The van der Waals surface area contributed by atoms with Crippen molar-refractivity contribution in [2.24, 2.45) is 5.92 Å². The average molecular weight is 269 g/mol. The second-order valence-electron chi connectivity index (χ2n) is 5.72. The molecule has 0 spiro atoms. The van der Waals surface area contributed by atoms with Crippen LogP contribution in [0.4, 0.5) is 4.39 Å². The first-order chi connectivity index (χ1) is 9.74. The molecule has 3 rings (SSSR count). The maximum Gasteiger partial charge on any atom is 0.123 e. The van der Waals surface area contributed by atoms with E-state index >= 15 is 0 Å². The predicted molar refractivity (Wildman–Crippen MR) is 79.8 cm³/mol. The zero-order valence-electron chi connectivity index (χ0n) is 11.8. The number of hydrogen-bond donors (Lipinski definition) is 0. The first-order valence-electron chi connectivity index (χ1n) is 7.27. The minimum Gasteiger partial charge on any atom is -0.292 e. The van der Waals surface area contributed by atoms with Crippen molar-refractivity contribution in [3.8, 4) is 0 Å². The van der Waals surface area contributed by atoms with E-state index in [1.807, 2.05) is 18.2 Å². The van der Waals surface area contributed by atoms with Crippen LogP contribution >= 0.6 is 0 Å². The van der Waals surface area contributed by atoms with Crippen molar-refractivity contribution in [2.75, 3.05) is 6.54 Å². The molecule has 2 unspecified atom stereocenters. The molecule has 2 aromatic carbocycles. The monoisotopic (exact) mass is 269 g/mol. The van der Waals surface area contributed by atoms with Crippen LogP contribution in [0.25, 0.3) is 0 Å². The fourth-order valence-corrected chi connectivity index (χ4v) is 3.22. The summed E-state index contributed by atoms with van der Waals surface area (Å²) >= 11 is 0. The maximum atomic E-state index is 13.1. The summed E-state index contributed by atoms with van der Waals surface area (Å²) in [4.78, 5) is 2.51. The van der Waals surface area contributed by atoms with E-state index in [0.29, 0.717) is 12.0 Å². The van der Waals surface area contributed by atoms with Crippen molar-refractivity contribution in [1.82, 2.24) is 4.90 Å². The number of nitrogens with zero attached hydrogens (tertiary/aromatic N) is 1. The molecule has 0 aromatic heterocycles. The first kappa shape index (κ1) is 13.3. The molecule has 2 heteroatoms. The third-order valence-corrected chi connectivity index (χ3v) is 4.24. The molecular formula is C18H20FN. The quantitative estimate of drug-likeness (QED) is 0.798. The lowest BCUT2D eigenvalue weighted by atomic mass is 9.95. The molecule has 2 aromatic rings. The van der Waals surface area contributed by atoms with E-state index < -0.39 is 0 Å². The third-order valence-electron chi connectivity index (χ3n) is 4.24. The summed E-state index contributed by atoms with van der Waals surface area (Å²) in [6.45, 7) is 4.37. The van der Waals surface area contributed by atoms with Crippen LogP contribution in [-0.2, 0) is 6.54 Å². The van der Waals surface area contributed by atoms with Gasteiger partial charge in [-0.05, 0) is 42.1 Å². The van der Waals surface area contributed by atoms with Crippen LogP contribution < -0.4 is 0 Å². The van der Waals surface area contributed by atoms with Gasteiger partial charge in [0.1, 0.15) is 5.82 Å². The van der Waals surface area contributed by atoms with Crippen LogP contribution in [0.3, 0.4) is 0 Å². The smallest absolute Gasteiger partial charge is 0.123 e. The van der Waals surface area contributed by atoms with Crippen LogP contribution in [0.2, 0.25) is 0 Å². The number of hydrogen-bond acceptors (Lipinski definition) is 1.